The molecule has 0 aromatic heterocycles. The Morgan fingerprint density at radius 1 is 1.56 bits per heavy atom. The fourth-order valence-electron chi connectivity index (χ4n) is 1.18. The van der Waals surface area contributed by atoms with Crippen LogP contribution in [0.25, 0.3) is 0 Å². The zero-order chi connectivity index (χ0) is 12.3. The number of anilines is 1. The van der Waals surface area contributed by atoms with E-state index in [4.69, 9.17) is 17.3 Å². The van der Waals surface area contributed by atoms with Gasteiger partial charge in [0, 0.05) is 23.2 Å². The summed E-state index contributed by atoms with van der Waals surface area (Å²) < 4.78 is 0. The van der Waals surface area contributed by atoms with Crippen molar-refractivity contribution in [1.29, 1.82) is 0 Å². The SMILES string of the molecule is CC(C)(CN)Nc1ccc(Cl)cc1[N+](=O)[O-]. The molecule has 88 valence electrons. The van der Waals surface area contributed by atoms with Gasteiger partial charge in [0.25, 0.3) is 5.69 Å². The molecule has 1 aromatic rings. The van der Waals surface area contributed by atoms with Crippen LogP contribution in [-0.4, -0.2) is 17.0 Å². The highest BCUT2D eigenvalue weighted by molar-refractivity contribution is 6.30. The smallest absolute Gasteiger partial charge is 0.293 e. The van der Waals surface area contributed by atoms with Crippen LogP contribution in [0.2, 0.25) is 5.02 Å². The van der Waals surface area contributed by atoms with E-state index in [1.54, 1.807) is 12.1 Å². The molecule has 0 bridgehead atoms. The quantitative estimate of drug-likeness (QED) is 0.629. The molecule has 0 aliphatic rings. The summed E-state index contributed by atoms with van der Waals surface area (Å²) in [5, 5.41) is 14.2. The van der Waals surface area contributed by atoms with E-state index in [1.807, 2.05) is 13.8 Å². The number of rotatable bonds is 4. The molecule has 1 rings (SSSR count). The lowest BCUT2D eigenvalue weighted by molar-refractivity contribution is -0.384. The van der Waals surface area contributed by atoms with E-state index < -0.39 is 10.5 Å². The highest BCUT2D eigenvalue weighted by atomic mass is 35.5. The second-order valence-electron chi connectivity index (χ2n) is 4.13. The van der Waals surface area contributed by atoms with Gasteiger partial charge in [-0.05, 0) is 26.0 Å². The number of nitrogens with zero attached hydrogens (tertiary/aromatic N) is 1. The van der Waals surface area contributed by atoms with Crippen molar-refractivity contribution >= 4 is 23.0 Å². The molecule has 16 heavy (non-hydrogen) atoms. The Labute approximate surface area is 98.7 Å². The maximum Gasteiger partial charge on any atom is 0.293 e. The Bertz CT molecular complexity index is 407. The molecule has 0 fully saturated rings. The van der Waals surface area contributed by atoms with Crippen LogP contribution in [-0.2, 0) is 0 Å². The lowest BCUT2D eigenvalue weighted by Crippen LogP contribution is -2.39. The normalized spacial score (nSPS) is 11.2. The highest BCUT2D eigenvalue weighted by Gasteiger charge is 2.21. The number of hydrogen-bond acceptors (Lipinski definition) is 4. The number of nitrogens with one attached hydrogen (secondary N) is 1. The number of nitro benzene ring substituents is 1. The predicted octanol–water partition coefficient (Wildman–Crippen LogP) is 2.40. The second kappa shape index (κ2) is 4.67. The van der Waals surface area contributed by atoms with E-state index in [1.165, 1.54) is 6.07 Å². The van der Waals surface area contributed by atoms with Gasteiger partial charge in [0.15, 0.2) is 0 Å². The minimum atomic E-state index is -0.471. The van der Waals surface area contributed by atoms with Gasteiger partial charge in [0.05, 0.1) is 4.92 Å². The molecule has 6 heteroatoms. The molecular formula is C10H14ClN3O2. The van der Waals surface area contributed by atoms with Crippen molar-refractivity contribution in [2.75, 3.05) is 11.9 Å². The molecule has 3 N–H and O–H groups in total. The molecule has 0 saturated carbocycles. The predicted molar refractivity (Wildman–Crippen MR) is 64.9 cm³/mol. The molecule has 0 spiro atoms. The Balaban J connectivity index is 3.09. The fraction of sp³-hybridized carbons (Fsp3) is 0.400. The van der Waals surface area contributed by atoms with Gasteiger partial charge in [0.1, 0.15) is 5.69 Å². The fourth-order valence-corrected chi connectivity index (χ4v) is 1.34. The van der Waals surface area contributed by atoms with Gasteiger partial charge in [-0.2, -0.15) is 0 Å². The zero-order valence-corrected chi connectivity index (χ0v) is 9.91. The van der Waals surface area contributed by atoms with E-state index in [9.17, 15) is 10.1 Å². The topological polar surface area (TPSA) is 81.2 Å². The number of nitro groups is 1. The van der Waals surface area contributed by atoms with E-state index in [0.29, 0.717) is 17.3 Å². The Kier molecular flexibility index (Phi) is 3.72. The third kappa shape index (κ3) is 3.08. The van der Waals surface area contributed by atoms with Gasteiger partial charge in [-0.25, -0.2) is 0 Å². The minimum Gasteiger partial charge on any atom is -0.373 e. The van der Waals surface area contributed by atoms with E-state index >= 15 is 0 Å². The first-order valence-electron chi connectivity index (χ1n) is 4.78. The maximum absolute atomic E-state index is 10.8. The molecule has 1 aromatic carbocycles. The van der Waals surface area contributed by atoms with Crippen LogP contribution in [0.4, 0.5) is 11.4 Å². The molecule has 0 heterocycles. The van der Waals surface area contributed by atoms with E-state index in [-0.39, 0.29) is 5.69 Å². The lowest BCUT2D eigenvalue weighted by atomic mass is 10.1. The average Bonchev–Trinajstić information content (AvgIpc) is 2.20. The first-order valence-corrected chi connectivity index (χ1v) is 5.16. The van der Waals surface area contributed by atoms with Gasteiger partial charge < -0.3 is 11.1 Å². The minimum absolute atomic E-state index is 0.0472. The van der Waals surface area contributed by atoms with Crippen molar-refractivity contribution in [2.45, 2.75) is 19.4 Å². The van der Waals surface area contributed by atoms with Crippen molar-refractivity contribution in [3.63, 3.8) is 0 Å². The van der Waals surface area contributed by atoms with Gasteiger partial charge >= 0.3 is 0 Å². The van der Waals surface area contributed by atoms with Crippen molar-refractivity contribution in [3.8, 4) is 0 Å². The zero-order valence-electron chi connectivity index (χ0n) is 9.16. The molecule has 5 nitrogen and oxygen atoms in total. The van der Waals surface area contributed by atoms with E-state index in [2.05, 4.69) is 5.32 Å². The summed E-state index contributed by atoms with van der Waals surface area (Å²) in [5.41, 5.74) is 5.52. The number of nitrogens with two attached hydrogens (primary N) is 1. The Hall–Kier alpha value is -1.33. The Morgan fingerprint density at radius 2 is 2.19 bits per heavy atom. The molecule has 0 aliphatic carbocycles. The largest absolute Gasteiger partial charge is 0.373 e. The van der Waals surface area contributed by atoms with Gasteiger partial charge in [-0.3, -0.25) is 10.1 Å². The average molecular weight is 244 g/mol. The summed E-state index contributed by atoms with van der Waals surface area (Å²) in [7, 11) is 0. The summed E-state index contributed by atoms with van der Waals surface area (Å²) in [6, 6.07) is 4.50. The van der Waals surface area contributed by atoms with Crippen LogP contribution in [0.5, 0.6) is 0 Å². The molecule has 0 atom stereocenters. The van der Waals surface area contributed by atoms with Crippen LogP contribution in [0.3, 0.4) is 0 Å². The van der Waals surface area contributed by atoms with Crippen molar-refractivity contribution in [1.82, 2.24) is 0 Å². The van der Waals surface area contributed by atoms with Crippen LogP contribution >= 0.6 is 11.6 Å². The second-order valence-corrected chi connectivity index (χ2v) is 4.57. The lowest BCUT2D eigenvalue weighted by Gasteiger charge is -2.25. The van der Waals surface area contributed by atoms with Crippen molar-refractivity contribution in [3.05, 3.63) is 33.3 Å². The number of halogens is 1. The van der Waals surface area contributed by atoms with Crippen LogP contribution in [0, 0.1) is 10.1 Å². The van der Waals surface area contributed by atoms with Gasteiger partial charge in [-0.1, -0.05) is 11.6 Å². The van der Waals surface area contributed by atoms with Crippen LogP contribution in [0.15, 0.2) is 18.2 Å². The summed E-state index contributed by atoms with van der Waals surface area (Å²) >= 11 is 5.71. The molecule has 0 radical (unpaired) electrons. The highest BCUT2D eigenvalue weighted by Crippen LogP contribution is 2.29. The van der Waals surface area contributed by atoms with E-state index in [0.717, 1.165) is 0 Å². The summed E-state index contributed by atoms with van der Waals surface area (Å²) in [6.07, 6.45) is 0. The first kappa shape index (κ1) is 12.7. The third-order valence-electron chi connectivity index (χ3n) is 2.14. The summed E-state index contributed by atoms with van der Waals surface area (Å²) in [4.78, 5) is 10.4. The van der Waals surface area contributed by atoms with Gasteiger partial charge in [-0.15, -0.1) is 0 Å². The molecule has 0 amide bonds. The molecule has 0 unspecified atom stereocenters. The molecule has 0 aliphatic heterocycles. The molecule has 0 saturated heterocycles. The first-order chi connectivity index (χ1) is 7.35. The number of hydrogen-bond donors (Lipinski definition) is 2. The maximum atomic E-state index is 10.8. The Morgan fingerprint density at radius 3 is 2.69 bits per heavy atom. The van der Waals surface area contributed by atoms with Crippen LogP contribution in [0.1, 0.15) is 13.8 Å². The molecular weight excluding hydrogens is 230 g/mol. The van der Waals surface area contributed by atoms with Crippen molar-refractivity contribution in [2.24, 2.45) is 5.73 Å². The monoisotopic (exact) mass is 243 g/mol. The van der Waals surface area contributed by atoms with Crippen LogP contribution < -0.4 is 11.1 Å². The van der Waals surface area contributed by atoms with Gasteiger partial charge in [0.2, 0.25) is 0 Å². The summed E-state index contributed by atoms with van der Waals surface area (Å²) in [5.74, 6) is 0. The third-order valence-corrected chi connectivity index (χ3v) is 2.37. The van der Waals surface area contributed by atoms with Crippen molar-refractivity contribution < 1.29 is 4.92 Å². The number of benzene rings is 1. The summed E-state index contributed by atoms with van der Waals surface area (Å²) in [6.45, 7) is 4.10. The standard InChI is InChI=1S/C10H14ClN3O2/c1-10(2,6-12)13-8-4-3-7(11)5-9(8)14(15)16/h3-5,13H,6,12H2,1-2H3.